The number of aromatic nitrogens is 4. The van der Waals surface area contributed by atoms with Crippen LogP contribution in [-0.2, 0) is 0 Å². The van der Waals surface area contributed by atoms with Crippen molar-refractivity contribution in [2.24, 2.45) is 5.92 Å². The van der Waals surface area contributed by atoms with Gasteiger partial charge in [0, 0.05) is 13.1 Å². The highest BCUT2D eigenvalue weighted by atomic mass is 16.3. The number of rotatable bonds is 6. The van der Waals surface area contributed by atoms with E-state index in [-0.39, 0.29) is 6.61 Å². The molecule has 1 aromatic carbocycles. The van der Waals surface area contributed by atoms with Gasteiger partial charge in [-0.25, -0.2) is 14.6 Å². The summed E-state index contributed by atoms with van der Waals surface area (Å²) in [5.41, 5.74) is 1.80. The Hall–Kier alpha value is -2.51. The minimum Gasteiger partial charge on any atom is -0.395 e. The average Bonchev–Trinajstić information content (AvgIpc) is 3.13. The van der Waals surface area contributed by atoms with Crippen LogP contribution in [0.1, 0.15) is 12.8 Å². The highest BCUT2D eigenvalue weighted by Crippen LogP contribution is 2.23. The average molecular weight is 352 g/mol. The van der Waals surface area contributed by atoms with Gasteiger partial charge in [0.25, 0.3) is 0 Å². The van der Waals surface area contributed by atoms with Crippen molar-refractivity contribution in [1.29, 1.82) is 0 Å². The van der Waals surface area contributed by atoms with Crippen molar-refractivity contribution >= 4 is 16.9 Å². The fourth-order valence-electron chi connectivity index (χ4n) is 3.54. The normalized spacial score (nSPS) is 16.2. The second-order valence-electron chi connectivity index (χ2n) is 6.74. The molecule has 0 saturated carbocycles. The smallest absolute Gasteiger partial charge is 0.168 e. The Morgan fingerprint density at radius 3 is 2.69 bits per heavy atom. The molecule has 136 valence electrons. The molecule has 1 aliphatic rings. The van der Waals surface area contributed by atoms with Gasteiger partial charge in [-0.15, -0.1) is 0 Å². The van der Waals surface area contributed by atoms with E-state index in [9.17, 15) is 0 Å². The number of para-hydroxylation sites is 1. The highest BCUT2D eigenvalue weighted by molar-refractivity contribution is 5.87. The van der Waals surface area contributed by atoms with Crippen LogP contribution in [0.5, 0.6) is 0 Å². The number of benzene rings is 1. The first kappa shape index (κ1) is 16.9. The largest absolute Gasteiger partial charge is 0.395 e. The maximum absolute atomic E-state index is 9.05. The van der Waals surface area contributed by atoms with E-state index in [4.69, 9.17) is 5.11 Å². The number of β-amino-alcohol motifs (C(OH)–C–C–N with tert-alkyl or cyclic N) is 1. The summed E-state index contributed by atoms with van der Waals surface area (Å²) >= 11 is 0. The number of likely N-dealkylation sites (tertiary alicyclic amines) is 1. The predicted molar refractivity (Wildman–Crippen MR) is 101 cm³/mol. The van der Waals surface area contributed by atoms with Gasteiger partial charge in [-0.2, -0.15) is 5.10 Å². The molecule has 7 nitrogen and oxygen atoms in total. The maximum Gasteiger partial charge on any atom is 0.168 e. The zero-order valence-corrected chi connectivity index (χ0v) is 14.8. The molecule has 0 unspecified atom stereocenters. The zero-order chi connectivity index (χ0) is 17.8. The van der Waals surface area contributed by atoms with Crippen molar-refractivity contribution in [3.8, 4) is 5.69 Å². The first-order valence-electron chi connectivity index (χ1n) is 9.16. The Kier molecular flexibility index (Phi) is 5.08. The van der Waals surface area contributed by atoms with E-state index in [0.717, 1.165) is 61.6 Å². The Morgan fingerprint density at radius 1 is 1.12 bits per heavy atom. The number of fused-ring (bicyclic) bond motifs is 1. The number of piperidine rings is 1. The standard InChI is InChI=1S/C19H24N6O/c26-11-10-24-8-6-15(7-9-24)12-20-18-17-13-23-25(19(17)22-14-21-18)16-4-2-1-3-5-16/h1-5,13-15,26H,6-12H2,(H,20,21,22). The van der Waals surface area contributed by atoms with Gasteiger partial charge in [-0.05, 0) is 44.0 Å². The van der Waals surface area contributed by atoms with E-state index in [2.05, 4.69) is 25.3 Å². The van der Waals surface area contributed by atoms with Crippen LogP contribution in [0.4, 0.5) is 5.82 Å². The molecule has 0 bridgehead atoms. The molecule has 0 aliphatic carbocycles. The number of nitrogens with zero attached hydrogens (tertiary/aromatic N) is 5. The Balaban J connectivity index is 1.46. The van der Waals surface area contributed by atoms with E-state index < -0.39 is 0 Å². The van der Waals surface area contributed by atoms with Crippen LogP contribution in [0.15, 0.2) is 42.9 Å². The van der Waals surface area contributed by atoms with Crippen LogP contribution in [0.25, 0.3) is 16.7 Å². The molecule has 1 saturated heterocycles. The number of aliphatic hydroxyl groups excluding tert-OH is 1. The van der Waals surface area contributed by atoms with Crippen molar-refractivity contribution < 1.29 is 5.11 Å². The Labute approximate surface area is 152 Å². The molecular formula is C19H24N6O. The summed E-state index contributed by atoms with van der Waals surface area (Å²) in [5, 5.41) is 18.0. The monoisotopic (exact) mass is 352 g/mol. The van der Waals surface area contributed by atoms with Crippen LogP contribution in [0, 0.1) is 5.92 Å². The van der Waals surface area contributed by atoms with Gasteiger partial charge in [0.2, 0.25) is 0 Å². The van der Waals surface area contributed by atoms with E-state index in [1.54, 1.807) is 6.33 Å². The van der Waals surface area contributed by atoms with Crippen molar-refractivity contribution in [3.05, 3.63) is 42.9 Å². The molecule has 0 amide bonds. The molecule has 7 heteroatoms. The molecule has 0 radical (unpaired) electrons. The summed E-state index contributed by atoms with van der Waals surface area (Å²) in [6.45, 7) is 4.03. The predicted octanol–water partition coefficient (Wildman–Crippen LogP) is 1.93. The third-order valence-corrected chi connectivity index (χ3v) is 5.05. The lowest BCUT2D eigenvalue weighted by molar-refractivity contribution is 0.151. The molecule has 0 spiro atoms. The molecule has 1 aliphatic heterocycles. The lowest BCUT2D eigenvalue weighted by Gasteiger charge is -2.31. The third kappa shape index (κ3) is 3.54. The topological polar surface area (TPSA) is 79.1 Å². The molecule has 2 aromatic heterocycles. The first-order valence-corrected chi connectivity index (χ1v) is 9.16. The summed E-state index contributed by atoms with van der Waals surface area (Å²) in [6.07, 6.45) is 5.71. The van der Waals surface area contributed by atoms with Gasteiger partial charge in [0.1, 0.15) is 12.1 Å². The minimum atomic E-state index is 0.243. The van der Waals surface area contributed by atoms with Crippen molar-refractivity contribution in [2.75, 3.05) is 38.1 Å². The molecule has 26 heavy (non-hydrogen) atoms. The molecule has 4 rings (SSSR count). The molecule has 3 heterocycles. The Bertz CT molecular complexity index is 842. The van der Waals surface area contributed by atoms with Gasteiger partial charge in [-0.1, -0.05) is 18.2 Å². The van der Waals surface area contributed by atoms with Crippen LogP contribution in [0.3, 0.4) is 0 Å². The second-order valence-corrected chi connectivity index (χ2v) is 6.74. The van der Waals surface area contributed by atoms with Crippen LogP contribution in [-0.4, -0.2) is 62.5 Å². The lowest BCUT2D eigenvalue weighted by atomic mass is 9.97. The molecule has 3 aromatic rings. The van der Waals surface area contributed by atoms with Crippen molar-refractivity contribution in [1.82, 2.24) is 24.6 Å². The molecule has 2 N–H and O–H groups in total. The van der Waals surface area contributed by atoms with Crippen LogP contribution >= 0.6 is 0 Å². The lowest BCUT2D eigenvalue weighted by Crippen LogP contribution is -2.37. The number of hydrogen-bond acceptors (Lipinski definition) is 6. The minimum absolute atomic E-state index is 0.243. The Morgan fingerprint density at radius 2 is 1.92 bits per heavy atom. The maximum atomic E-state index is 9.05. The molecular weight excluding hydrogens is 328 g/mol. The molecule has 0 atom stereocenters. The zero-order valence-electron chi connectivity index (χ0n) is 14.8. The number of anilines is 1. The fourth-order valence-corrected chi connectivity index (χ4v) is 3.54. The SMILES string of the molecule is OCCN1CCC(CNc2ncnc3c2cnn3-c2ccccc2)CC1. The van der Waals surface area contributed by atoms with E-state index >= 15 is 0 Å². The third-order valence-electron chi connectivity index (χ3n) is 5.05. The quantitative estimate of drug-likeness (QED) is 0.706. The molecule has 1 fully saturated rings. The van der Waals surface area contributed by atoms with E-state index in [0.29, 0.717) is 5.92 Å². The summed E-state index contributed by atoms with van der Waals surface area (Å²) in [4.78, 5) is 11.2. The van der Waals surface area contributed by atoms with Gasteiger partial charge in [0.05, 0.1) is 23.9 Å². The summed E-state index contributed by atoms with van der Waals surface area (Å²) in [7, 11) is 0. The van der Waals surface area contributed by atoms with Crippen LogP contribution < -0.4 is 5.32 Å². The number of hydrogen-bond donors (Lipinski definition) is 2. The summed E-state index contributed by atoms with van der Waals surface area (Å²) < 4.78 is 1.84. The number of aliphatic hydroxyl groups is 1. The summed E-state index contributed by atoms with van der Waals surface area (Å²) in [6, 6.07) is 10.0. The van der Waals surface area contributed by atoms with Gasteiger partial charge < -0.3 is 15.3 Å². The van der Waals surface area contributed by atoms with Gasteiger partial charge in [0.15, 0.2) is 5.65 Å². The first-order chi connectivity index (χ1) is 12.8. The summed E-state index contributed by atoms with van der Waals surface area (Å²) in [5.74, 6) is 1.47. The second kappa shape index (κ2) is 7.80. The highest BCUT2D eigenvalue weighted by Gasteiger charge is 2.19. The van der Waals surface area contributed by atoms with E-state index in [1.165, 1.54) is 0 Å². The van der Waals surface area contributed by atoms with Crippen molar-refractivity contribution in [3.63, 3.8) is 0 Å². The van der Waals surface area contributed by atoms with Crippen LogP contribution in [0.2, 0.25) is 0 Å². The van der Waals surface area contributed by atoms with E-state index in [1.807, 2.05) is 41.2 Å². The van der Waals surface area contributed by atoms with Gasteiger partial charge >= 0.3 is 0 Å². The fraction of sp³-hybridized carbons (Fsp3) is 0.421. The van der Waals surface area contributed by atoms with Gasteiger partial charge in [-0.3, -0.25) is 0 Å². The van der Waals surface area contributed by atoms with Crippen molar-refractivity contribution in [2.45, 2.75) is 12.8 Å². The number of nitrogens with one attached hydrogen (secondary N) is 1.